The van der Waals surface area contributed by atoms with E-state index in [2.05, 4.69) is 5.32 Å². The molecule has 2 atom stereocenters. The Morgan fingerprint density at radius 3 is 2.21 bits per heavy atom. The fourth-order valence-electron chi connectivity index (χ4n) is 4.30. The van der Waals surface area contributed by atoms with Crippen molar-refractivity contribution in [3.05, 3.63) is 18.2 Å². The van der Waals surface area contributed by atoms with Gasteiger partial charge in [0.15, 0.2) is 0 Å². The lowest BCUT2D eigenvalue weighted by Gasteiger charge is -2.45. The zero-order chi connectivity index (χ0) is 17.3. The van der Waals surface area contributed by atoms with Crippen LogP contribution < -0.4 is 14.8 Å². The normalized spacial score (nSPS) is 28.2. The van der Waals surface area contributed by atoms with Gasteiger partial charge in [-0.25, -0.2) is 0 Å². The third-order valence-corrected chi connectivity index (χ3v) is 5.47. The number of fused-ring (bicyclic) bond motifs is 3. The van der Waals surface area contributed by atoms with Crippen molar-refractivity contribution in [3.63, 3.8) is 0 Å². The number of anilines is 1. The molecule has 1 amide bonds. The van der Waals surface area contributed by atoms with Crippen LogP contribution in [0.4, 0.5) is 5.69 Å². The summed E-state index contributed by atoms with van der Waals surface area (Å²) in [5.41, 5.74) is 0.536. The largest absolute Gasteiger partial charge is 0.497 e. The molecule has 130 valence electrons. The standard InChI is InChI=1S/C18H23NO5/c1-23-12-7-8-13(14(9-12)24-2)19-17(20)15-10-3-5-11(6-4-10)16(15)18(21)22/h7-11,15-16H,3-6H2,1-2H3,(H,19,20)(H,21,22)/t10?,11?,15-,16-/m0/s1. The first-order chi connectivity index (χ1) is 11.5. The molecule has 0 aromatic heterocycles. The number of carbonyl (C=O) groups excluding carboxylic acids is 1. The third kappa shape index (κ3) is 2.92. The van der Waals surface area contributed by atoms with E-state index in [1.54, 1.807) is 25.3 Å². The van der Waals surface area contributed by atoms with E-state index in [1.807, 2.05) is 0 Å². The van der Waals surface area contributed by atoms with Crippen LogP contribution in [0.5, 0.6) is 11.5 Å². The topological polar surface area (TPSA) is 84.9 Å². The van der Waals surface area contributed by atoms with Crippen LogP contribution >= 0.6 is 0 Å². The van der Waals surface area contributed by atoms with Crippen LogP contribution in [0.2, 0.25) is 0 Å². The number of carboxylic acid groups (broad SMARTS) is 1. The average molecular weight is 333 g/mol. The van der Waals surface area contributed by atoms with Crippen LogP contribution in [0.25, 0.3) is 0 Å². The number of hydrogen-bond donors (Lipinski definition) is 2. The molecule has 24 heavy (non-hydrogen) atoms. The highest BCUT2D eigenvalue weighted by atomic mass is 16.5. The second-order valence-electron chi connectivity index (χ2n) is 6.62. The molecule has 3 saturated carbocycles. The molecule has 3 fully saturated rings. The van der Waals surface area contributed by atoms with Crippen molar-refractivity contribution in [2.75, 3.05) is 19.5 Å². The number of nitrogens with one attached hydrogen (secondary N) is 1. The van der Waals surface area contributed by atoms with Gasteiger partial charge in [-0.15, -0.1) is 0 Å². The Balaban J connectivity index is 1.82. The van der Waals surface area contributed by atoms with E-state index in [0.717, 1.165) is 25.7 Å². The first-order valence-corrected chi connectivity index (χ1v) is 8.30. The number of aliphatic carboxylic acids is 1. The first kappa shape index (κ1) is 16.6. The van der Waals surface area contributed by atoms with E-state index in [9.17, 15) is 14.7 Å². The number of rotatable bonds is 5. The van der Waals surface area contributed by atoms with Gasteiger partial charge in [0.1, 0.15) is 11.5 Å². The van der Waals surface area contributed by atoms with Crippen molar-refractivity contribution in [2.24, 2.45) is 23.7 Å². The van der Waals surface area contributed by atoms with Crippen LogP contribution in [0.15, 0.2) is 18.2 Å². The molecular weight excluding hydrogens is 310 g/mol. The zero-order valence-corrected chi connectivity index (χ0v) is 14.0. The maximum atomic E-state index is 12.8. The monoisotopic (exact) mass is 333 g/mol. The quantitative estimate of drug-likeness (QED) is 0.865. The van der Waals surface area contributed by atoms with E-state index in [-0.39, 0.29) is 17.7 Å². The summed E-state index contributed by atoms with van der Waals surface area (Å²) in [5.74, 6) is -0.739. The maximum absolute atomic E-state index is 12.8. The Morgan fingerprint density at radius 1 is 1.04 bits per heavy atom. The van der Waals surface area contributed by atoms with Gasteiger partial charge in [0.05, 0.1) is 31.7 Å². The van der Waals surface area contributed by atoms with Gasteiger partial charge in [0.25, 0.3) is 0 Å². The van der Waals surface area contributed by atoms with Crippen molar-refractivity contribution in [1.82, 2.24) is 0 Å². The molecule has 6 nitrogen and oxygen atoms in total. The maximum Gasteiger partial charge on any atom is 0.307 e. The molecule has 0 unspecified atom stereocenters. The summed E-state index contributed by atoms with van der Waals surface area (Å²) in [5, 5.41) is 12.5. The number of carboxylic acids is 1. The molecule has 0 heterocycles. The minimum Gasteiger partial charge on any atom is -0.497 e. The van der Waals surface area contributed by atoms with E-state index in [1.165, 1.54) is 7.11 Å². The summed E-state index contributed by atoms with van der Waals surface area (Å²) in [6.45, 7) is 0. The van der Waals surface area contributed by atoms with Crippen molar-refractivity contribution in [2.45, 2.75) is 25.7 Å². The molecule has 0 aliphatic heterocycles. The average Bonchev–Trinajstić information content (AvgIpc) is 2.62. The third-order valence-electron chi connectivity index (χ3n) is 5.47. The van der Waals surface area contributed by atoms with E-state index in [0.29, 0.717) is 17.2 Å². The van der Waals surface area contributed by atoms with Gasteiger partial charge in [-0.1, -0.05) is 0 Å². The molecule has 0 spiro atoms. The number of amides is 1. The van der Waals surface area contributed by atoms with Gasteiger partial charge >= 0.3 is 5.97 Å². The number of carbonyl (C=O) groups is 2. The van der Waals surface area contributed by atoms with Crippen molar-refractivity contribution in [1.29, 1.82) is 0 Å². The minimum atomic E-state index is -0.855. The fourth-order valence-corrected chi connectivity index (χ4v) is 4.30. The molecule has 2 N–H and O–H groups in total. The molecule has 6 heteroatoms. The Kier molecular flexibility index (Phi) is 4.64. The van der Waals surface area contributed by atoms with Gasteiger partial charge < -0.3 is 19.9 Å². The molecule has 4 rings (SSSR count). The summed E-state index contributed by atoms with van der Waals surface area (Å²) in [6.07, 6.45) is 3.70. The summed E-state index contributed by atoms with van der Waals surface area (Å²) < 4.78 is 10.5. The molecule has 3 aliphatic carbocycles. The summed E-state index contributed by atoms with van der Waals surface area (Å²) in [7, 11) is 3.08. The van der Waals surface area contributed by atoms with Gasteiger partial charge in [0, 0.05) is 6.07 Å². The van der Waals surface area contributed by atoms with Gasteiger partial charge in [-0.05, 0) is 49.7 Å². The predicted octanol–water partition coefficient (Wildman–Crippen LogP) is 2.78. The Bertz CT molecular complexity index is 636. The smallest absolute Gasteiger partial charge is 0.307 e. The van der Waals surface area contributed by atoms with E-state index >= 15 is 0 Å². The van der Waals surface area contributed by atoms with Crippen LogP contribution in [0, 0.1) is 23.7 Å². The molecule has 1 aromatic rings. The van der Waals surface area contributed by atoms with Crippen LogP contribution in [-0.4, -0.2) is 31.2 Å². The predicted molar refractivity (Wildman–Crippen MR) is 88.2 cm³/mol. The highest BCUT2D eigenvalue weighted by molar-refractivity contribution is 5.96. The highest BCUT2D eigenvalue weighted by Crippen LogP contribution is 2.49. The number of methoxy groups -OCH3 is 2. The van der Waals surface area contributed by atoms with Crippen LogP contribution in [0.1, 0.15) is 25.7 Å². The number of hydrogen-bond acceptors (Lipinski definition) is 4. The second kappa shape index (κ2) is 6.71. The Morgan fingerprint density at radius 2 is 1.67 bits per heavy atom. The molecule has 3 aliphatic rings. The van der Waals surface area contributed by atoms with Gasteiger partial charge in [-0.3, -0.25) is 9.59 Å². The lowest BCUT2D eigenvalue weighted by atomic mass is 9.58. The molecule has 2 bridgehead atoms. The van der Waals surface area contributed by atoms with Crippen molar-refractivity contribution < 1.29 is 24.2 Å². The zero-order valence-electron chi connectivity index (χ0n) is 14.0. The van der Waals surface area contributed by atoms with Crippen LogP contribution in [-0.2, 0) is 9.59 Å². The lowest BCUT2D eigenvalue weighted by molar-refractivity contribution is -0.156. The fraction of sp³-hybridized carbons (Fsp3) is 0.556. The number of ether oxygens (including phenoxy) is 2. The first-order valence-electron chi connectivity index (χ1n) is 8.30. The van der Waals surface area contributed by atoms with Gasteiger partial charge in [-0.2, -0.15) is 0 Å². The summed E-state index contributed by atoms with van der Waals surface area (Å²) >= 11 is 0. The van der Waals surface area contributed by atoms with E-state index < -0.39 is 17.8 Å². The van der Waals surface area contributed by atoms with Crippen molar-refractivity contribution in [3.8, 4) is 11.5 Å². The number of benzene rings is 1. The molecular formula is C18H23NO5. The molecule has 1 aromatic carbocycles. The molecule has 0 radical (unpaired) electrons. The lowest BCUT2D eigenvalue weighted by Crippen LogP contribution is -2.49. The SMILES string of the molecule is COc1ccc(NC(=O)[C@H]2C3CCC(CC3)[C@@H]2C(=O)O)c(OC)c1. The Hall–Kier alpha value is -2.24. The molecule has 0 saturated heterocycles. The highest BCUT2D eigenvalue weighted by Gasteiger charge is 2.50. The van der Waals surface area contributed by atoms with E-state index in [4.69, 9.17) is 9.47 Å². The summed E-state index contributed by atoms with van der Waals surface area (Å²) in [4.78, 5) is 24.5. The van der Waals surface area contributed by atoms with Gasteiger partial charge in [0.2, 0.25) is 5.91 Å². The Labute approximate surface area is 141 Å². The minimum absolute atomic E-state index is 0.112. The van der Waals surface area contributed by atoms with Crippen molar-refractivity contribution >= 4 is 17.6 Å². The summed E-state index contributed by atoms with van der Waals surface area (Å²) in [6, 6.07) is 5.14. The van der Waals surface area contributed by atoms with Crippen LogP contribution in [0.3, 0.4) is 0 Å². The second-order valence-corrected chi connectivity index (χ2v) is 6.62.